The molecule has 1 aliphatic rings. The van der Waals surface area contributed by atoms with Gasteiger partial charge in [-0.25, -0.2) is 8.42 Å². The smallest absolute Gasteiger partial charge is 0.252 e. The van der Waals surface area contributed by atoms with E-state index in [0.717, 1.165) is 11.4 Å². The van der Waals surface area contributed by atoms with Gasteiger partial charge in [0.05, 0.1) is 0 Å². The second kappa shape index (κ2) is 7.77. The molecule has 1 aromatic heterocycles. The molecule has 0 saturated carbocycles. The van der Waals surface area contributed by atoms with E-state index < -0.39 is 10.0 Å². The van der Waals surface area contributed by atoms with Crippen LogP contribution in [0.25, 0.3) is 0 Å². The second-order valence-corrected chi connectivity index (χ2v) is 9.65. The van der Waals surface area contributed by atoms with Crippen molar-refractivity contribution in [3.8, 4) is 0 Å². The molecule has 3 rings (SSSR count). The molecule has 0 bridgehead atoms. The van der Waals surface area contributed by atoms with Crippen LogP contribution in [0.1, 0.15) is 12.8 Å². The van der Waals surface area contributed by atoms with E-state index in [2.05, 4.69) is 5.32 Å². The minimum Gasteiger partial charge on any atom is -0.378 e. The topological polar surface area (TPSA) is 69.7 Å². The van der Waals surface area contributed by atoms with Crippen molar-refractivity contribution >= 4 is 38.6 Å². The molecule has 6 nitrogen and oxygen atoms in total. The van der Waals surface area contributed by atoms with E-state index in [1.807, 2.05) is 43.3 Å². The molecule has 0 spiro atoms. The molecule has 1 amide bonds. The van der Waals surface area contributed by atoms with Gasteiger partial charge in [0.2, 0.25) is 5.91 Å². The molecule has 26 heavy (non-hydrogen) atoms. The van der Waals surface area contributed by atoms with Crippen LogP contribution in [0.2, 0.25) is 0 Å². The lowest BCUT2D eigenvalue weighted by Crippen LogP contribution is -2.41. The molecule has 2 heterocycles. The quantitative estimate of drug-likeness (QED) is 0.848. The van der Waals surface area contributed by atoms with Gasteiger partial charge in [-0.2, -0.15) is 4.31 Å². The highest BCUT2D eigenvalue weighted by molar-refractivity contribution is 7.91. The average Bonchev–Trinajstić information content (AvgIpc) is 3.18. The van der Waals surface area contributed by atoms with Gasteiger partial charge in [0, 0.05) is 44.5 Å². The third-order valence-corrected chi connectivity index (χ3v) is 7.84. The van der Waals surface area contributed by atoms with Crippen LogP contribution in [0, 0.1) is 5.92 Å². The van der Waals surface area contributed by atoms with Crippen molar-refractivity contribution in [3.63, 3.8) is 0 Å². The number of hydrogen-bond acceptors (Lipinski definition) is 5. The number of hydrogen-bond donors (Lipinski definition) is 1. The maximum Gasteiger partial charge on any atom is 0.252 e. The zero-order valence-corrected chi connectivity index (χ0v) is 16.5. The molecule has 1 fully saturated rings. The van der Waals surface area contributed by atoms with E-state index in [1.54, 1.807) is 17.5 Å². The SMILES string of the molecule is CN(C)c1ccc(NC(=O)C2CCN(S(=O)(=O)c3cccs3)CC2)cc1. The van der Waals surface area contributed by atoms with E-state index in [4.69, 9.17) is 0 Å². The lowest BCUT2D eigenvalue weighted by atomic mass is 9.97. The minimum atomic E-state index is -3.42. The number of carbonyl (C=O) groups is 1. The first-order valence-corrected chi connectivity index (χ1v) is 10.8. The number of anilines is 2. The first-order chi connectivity index (χ1) is 12.4. The molecular formula is C18H23N3O3S2. The lowest BCUT2D eigenvalue weighted by molar-refractivity contribution is -0.120. The molecule has 1 aromatic carbocycles. The van der Waals surface area contributed by atoms with Crippen LogP contribution < -0.4 is 10.2 Å². The number of piperidine rings is 1. The van der Waals surface area contributed by atoms with Crippen LogP contribution in [-0.2, 0) is 14.8 Å². The highest BCUT2D eigenvalue weighted by Crippen LogP contribution is 2.27. The van der Waals surface area contributed by atoms with Crippen molar-refractivity contribution in [3.05, 3.63) is 41.8 Å². The highest BCUT2D eigenvalue weighted by Gasteiger charge is 2.32. The average molecular weight is 394 g/mol. The standard InChI is InChI=1S/C18H23N3O3S2/c1-20(2)16-7-5-15(6-8-16)19-18(22)14-9-11-21(12-10-14)26(23,24)17-4-3-13-25-17/h3-8,13-14H,9-12H2,1-2H3,(H,19,22). The van der Waals surface area contributed by atoms with Crippen LogP contribution in [-0.4, -0.2) is 45.8 Å². The molecule has 0 radical (unpaired) electrons. The summed E-state index contributed by atoms with van der Waals surface area (Å²) in [6, 6.07) is 11.0. The monoisotopic (exact) mass is 393 g/mol. The Bertz CT molecular complexity index is 838. The summed E-state index contributed by atoms with van der Waals surface area (Å²) in [7, 11) is 0.504. The molecule has 140 valence electrons. The molecular weight excluding hydrogens is 370 g/mol. The normalized spacial score (nSPS) is 16.4. The number of benzene rings is 1. The summed E-state index contributed by atoms with van der Waals surface area (Å²) >= 11 is 1.22. The summed E-state index contributed by atoms with van der Waals surface area (Å²) in [5.74, 6) is -0.214. The number of nitrogens with zero attached hydrogens (tertiary/aromatic N) is 2. The molecule has 0 atom stereocenters. The van der Waals surface area contributed by atoms with Crippen LogP contribution in [0.4, 0.5) is 11.4 Å². The summed E-state index contributed by atoms with van der Waals surface area (Å²) in [4.78, 5) is 14.5. The summed E-state index contributed by atoms with van der Waals surface area (Å²) in [6.07, 6.45) is 1.07. The van der Waals surface area contributed by atoms with Crippen molar-refractivity contribution in [1.29, 1.82) is 0 Å². The summed E-state index contributed by atoms with van der Waals surface area (Å²) in [6.45, 7) is 0.746. The van der Waals surface area contributed by atoms with Crippen molar-refractivity contribution in [2.75, 3.05) is 37.4 Å². The van der Waals surface area contributed by atoms with E-state index in [-0.39, 0.29) is 11.8 Å². The van der Waals surface area contributed by atoms with Gasteiger partial charge in [-0.05, 0) is 48.6 Å². The van der Waals surface area contributed by atoms with E-state index in [9.17, 15) is 13.2 Å². The molecule has 0 unspecified atom stereocenters. The second-order valence-electron chi connectivity index (χ2n) is 6.54. The van der Waals surface area contributed by atoms with Crippen LogP contribution in [0.15, 0.2) is 46.0 Å². The number of carbonyl (C=O) groups excluding carboxylic acids is 1. The van der Waals surface area contributed by atoms with Gasteiger partial charge in [-0.15, -0.1) is 11.3 Å². The predicted octanol–water partition coefficient (Wildman–Crippen LogP) is 2.85. The molecule has 1 aliphatic heterocycles. The first-order valence-electron chi connectivity index (χ1n) is 8.50. The van der Waals surface area contributed by atoms with E-state index >= 15 is 0 Å². The van der Waals surface area contributed by atoms with Crippen molar-refractivity contribution in [2.24, 2.45) is 5.92 Å². The van der Waals surface area contributed by atoms with Crippen molar-refractivity contribution in [2.45, 2.75) is 17.1 Å². The van der Waals surface area contributed by atoms with Gasteiger partial charge in [0.15, 0.2) is 0 Å². The Kier molecular flexibility index (Phi) is 5.64. The zero-order chi connectivity index (χ0) is 18.7. The summed E-state index contributed by atoms with van der Waals surface area (Å²) in [5.41, 5.74) is 1.82. The highest BCUT2D eigenvalue weighted by atomic mass is 32.2. The first kappa shape index (κ1) is 18.9. The van der Waals surface area contributed by atoms with Crippen molar-refractivity contribution < 1.29 is 13.2 Å². The fourth-order valence-corrected chi connectivity index (χ4v) is 5.60. The third-order valence-electron chi connectivity index (χ3n) is 4.57. The largest absolute Gasteiger partial charge is 0.378 e. The van der Waals surface area contributed by atoms with Gasteiger partial charge in [0.25, 0.3) is 10.0 Å². The van der Waals surface area contributed by atoms with Gasteiger partial charge >= 0.3 is 0 Å². The molecule has 1 N–H and O–H groups in total. The van der Waals surface area contributed by atoms with Gasteiger partial charge < -0.3 is 10.2 Å². The number of sulfonamides is 1. The Morgan fingerprint density at radius 2 is 1.81 bits per heavy atom. The Morgan fingerprint density at radius 3 is 2.35 bits per heavy atom. The number of amides is 1. The van der Waals surface area contributed by atoms with Gasteiger partial charge in [-0.1, -0.05) is 6.07 Å². The minimum absolute atomic E-state index is 0.0456. The van der Waals surface area contributed by atoms with Crippen LogP contribution in [0.5, 0.6) is 0 Å². The summed E-state index contributed by atoms with van der Waals surface area (Å²) in [5, 5.41) is 4.69. The number of nitrogens with one attached hydrogen (secondary N) is 1. The Labute approximate surface area is 158 Å². The van der Waals surface area contributed by atoms with E-state index in [1.165, 1.54) is 15.6 Å². The van der Waals surface area contributed by atoms with E-state index in [0.29, 0.717) is 30.1 Å². The van der Waals surface area contributed by atoms with Crippen LogP contribution >= 0.6 is 11.3 Å². The number of thiophene rings is 1. The van der Waals surface area contributed by atoms with Gasteiger partial charge in [-0.3, -0.25) is 4.79 Å². The molecule has 8 heteroatoms. The third kappa shape index (κ3) is 4.08. The Balaban J connectivity index is 1.57. The number of rotatable bonds is 5. The zero-order valence-electron chi connectivity index (χ0n) is 14.9. The lowest BCUT2D eigenvalue weighted by Gasteiger charge is -2.30. The maximum atomic E-state index is 12.5. The molecule has 2 aromatic rings. The fraction of sp³-hybridized carbons (Fsp3) is 0.389. The Morgan fingerprint density at radius 1 is 1.15 bits per heavy atom. The summed E-state index contributed by atoms with van der Waals surface area (Å²) < 4.78 is 26.9. The van der Waals surface area contributed by atoms with Crippen LogP contribution in [0.3, 0.4) is 0 Å². The van der Waals surface area contributed by atoms with Crippen molar-refractivity contribution in [1.82, 2.24) is 4.31 Å². The predicted molar refractivity (Wildman–Crippen MR) is 105 cm³/mol. The Hall–Kier alpha value is -1.90. The fourth-order valence-electron chi connectivity index (χ4n) is 2.98. The maximum absolute atomic E-state index is 12.5. The molecule has 1 saturated heterocycles. The molecule has 0 aliphatic carbocycles. The van der Waals surface area contributed by atoms with Gasteiger partial charge in [0.1, 0.15) is 4.21 Å².